The standard InChI is InChI=1S/C24H18FN3O2/c25-18-12-10-17(11-13-18)23-16-21(27-30-23)24-26-20-8-4-5-9-22(20)28(24)14-15-29-19-6-2-1-3-7-19/h1-13,16H,14-15H2. The third-order valence-electron chi connectivity index (χ3n) is 4.85. The van der Waals surface area contributed by atoms with Crippen molar-refractivity contribution < 1.29 is 13.7 Å². The van der Waals surface area contributed by atoms with Crippen LogP contribution >= 0.6 is 0 Å². The van der Waals surface area contributed by atoms with Crippen molar-refractivity contribution in [3.05, 3.63) is 90.7 Å². The molecule has 0 atom stereocenters. The minimum atomic E-state index is -0.293. The highest BCUT2D eigenvalue weighted by Gasteiger charge is 2.17. The van der Waals surface area contributed by atoms with Crippen molar-refractivity contribution >= 4 is 11.0 Å². The summed E-state index contributed by atoms with van der Waals surface area (Å²) in [5.74, 6) is 1.79. The van der Waals surface area contributed by atoms with Gasteiger partial charge in [0.25, 0.3) is 0 Å². The van der Waals surface area contributed by atoms with E-state index >= 15 is 0 Å². The van der Waals surface area contributed by atoms with Gasteiger partial charge in [0, 0.05) is 11.6 Å². The lowest BCUT2D eigenvalue weighted by Gasteiger charge is -2.09. The highest BCUT2D eigenvalue weighted by atomic mass is 19.1. The minimum Gasteiger partial charge on any atom is -0.492 e. The summed E-state index contributed by atoms with van der Waals surface area (Å²) in [5, 5.41) is 4.21. The monoisotopic (exact) mass is 399 g/mol. The number of halogens is 1. The second-order valence-electron chi connectivity index (χ2n) is 6.82. The van der Waals surface area contributed by atoms with Crippen LogP contribution in [-0.4, -0.2) is 21.3 Å². The van der Waals surface area contributed by atoms with Crippen LogP contribution in [0, 0.1) is 5.82 Å². The van der Waals surface area contributed by atoms with E-state index in [1.54, 1.807) is 12.1 Å². The largest absolute Gasteiger partial charge is 0.492 e. The Hall–Kier alpha value is -3.93. The summed E-state index contributed by atoms with van der Waals surface area (Å²) in [6.07, 6.45) is 0. The van der Waals surface area contributed by atoms with Crippen molar-refractivity contribution in [2.75, 3.05) is 6.61 Å². The Morgan fingerprint density at radius 2 is 1.67 bits per heavy atom. The van der Waals surface area contributed by atoms with E-state index in [0.717, 1.165) is 22.3 Å². The van der Waals surface area contributed by atoms with E-state index in [0.29, 0.717) is 30.4 Å². The molecule has 0 spiro atoms. The number of fused-ring (bicyclic) bond motifs is 1. The molecule has 0 saturated carbocycles. The van der Waals surface area contributed by atoms with Gasteiger partial charge in [0.1, 0.15) is 23.9 Å². The number of ether oxygens (including phenoxy) is 1. The first kappa shape index (κ1) is 18.1. The predicted octanol–water partition coefficient (Wildman–Crippen LogP) is 5.58. The van der Waals surface area contributed by atoms with Gasteiger partial charge in [-0.25, -0.2) is 9.37 Å². The quantitative estimate of drug-likeness (QED) is 0.374. The summed E-state index contributed by atoms with van der Waals surface area (Å²) >= 11 is 0. The average molecular weight is 399 g/mol. The molecule has 0 aliphatic heterocycles. The van der Waals surface area contributed by atoms with Crippen LogP contribution in [0.2, 0.25) is 0 Å². The molecule has 0 amide bonds. The van der Waals surface area contributed by atoms with Gasteiger partial charge in [0.2, 0.25) is 0 Å². The van der Waals surface area contributed by atoms with Crippen molar-refractivity contribution in [2.45, 2.75) is 6.54 Å². The fourth-order valence-corrected chi connectivity index (χ4v) is 3.40. The molecule has 0 fully saturated rings. The summed E-state index contributed by atoms with van der Waals surface area (Å²) in [5.41, 5.74) is 3.24. The summed E-state index contributed by atoms with van der Waals surface area (Å²) in [4.78, 5) is 4.75. The van der Waals surface area contributed by atoms with Crippen LogP contribution in [-0.2, 0) is 6.54 Å². The summed E-state index contributed by atoms with van der Waals surface area (Å²) in [6.45, 7) is 1.09. The first-order valence-corrected chi connectivity index (χ1v) is 9.64. The molecule has 0 bridgehead atoms. The zero-order chi connectivity index (χ0) is 20.3. The molecule has 0 aliphatic carbocycles. The third kappa shape index (κ3) is 3.55. The molecule has 30 heavy (non-hydrogen) atoms. The van der Waals surface area contributed by atoms with Crippen molar-refractivity contribution in [3.63, 3.8) is 0 Å². The van der Waals surface area contributed by atoms with E-state index in [4.69, 9.17) is 14.2 Å². The number of hydrogen-bond donors (Lipinski definition) is 0. The summed E-state index contributed by atoms with van der Waals surface area (Å²) in [7, 11) is 0. The molecule has 5 nitrogen and oxygen atoms in total. The lowest BCUT2D eigenvalue weighted by molar-refractivity contribution is 0.300. The zero-order valence-corrected chi connectivity index (χ0v) is 16.0. The number of hydrogen-bond acceptors (Lipinski definition) is 4. The molecule has 3 aromatic carbocycles. The van der Waals surface area contributed by atoms with Crippen LogP contribution < -0.4 is 4.74 Å². The topological polar surface area (TPSA) is 53.1 Å². The van der Waals surface area contributed by atoms with Crippen LogP contribution in [0.15, 0.2) is 89.5 Å². The second kappa shape index (κ2) is 7.83. The molecule has 0 aliphatic rings. The molecule has 2 heterocycles. The summed E-state index contributed by atoms with van der Waals surface area (Å²) in [6, 6.07) is 25.6. The normalized spacial score (nSPS) is 11.1. The zero-order valence-electron chi connectivity index (χ0n) is 16.0. The lowest BCUT2D eigenvalue weighted by Crippen LogP contribution is -2.09. The van der Waals surface area contributed by atoms with Gasteiger partial charge >= 0.3 is 0 Å². The fourth-order valence-electron chi connectivity index (χ4n) is 3.40. The maximum absolute atomic E-state index is 13.2. The maximum atomic E-state index is 13.2. The van der Waals surface area contributed by atoms with Gasteiger partial charge in [-0.3, -0.25) is 0 Å². The van der Waals surface area contributed by atoms with E-state index in [2.05, 4.69) is 9.72 Å². The first-order valence-electron chi connectivity index (χ1n) is 9.64. The summed E-state index contributed by atoms with van der Waals surface area (Å²) < 4.78 is 26.7. The van der Waals surface area contributed by atoms with Crippen LogP contribution in [0.3, 0.4) is 0 Å². The number of imidazole rings is 1. The molecule has 0 saturated heterocycles. The van der Waals surface area contributed by atoms with Gasteiger partial charge < -0.3 is 13.8 Å². The minimum absolute atomic E-state index is 0.293. The van der Waals surface area contributed by atoms with Crippen LogP contribution in [0.1, 0.15) is 0 Å². The van der Waals surface area contributed by atoms with E-state index in [1.165, 1.54) is 12.1 Å². The van der Waals surface area contributed by atoms with Crippen molar-refractivity contribution in [1.29, 1.82) is 0 Å². The van der Waals surface area contributed by atoms with Crippen molar-refractivity contribution in [1.82, 2.24) is 14.7 Å². The average Bonchev–Trinajstić information content (AvgIpc) is 3.40. The van der Waals surface area contributed by atoms with Crippen LogP contribution in [0.4, 0.5) is 4.39 Å². The molecular formula is C24H18FN3O2. The SMILES string of the molecule is Fc1ccc(-c2cc(-c3nc4ccccc4n3CCOc3ccccc3)no2)cc1. The van der Waals surface area contributed by atoms with E-state index in [-0.39, 0.29) is 5.82 Å². The molecule has 2 aromatic heterocycles. The molecule has 0 N–H and O–H groups in total. The third-order valence-corrected chi connectivity index (χ3v) is 4.85. The molecule has 0 unspecified atom stereocenters. The Kier molecular flexibility index (Phi) is 4.73. The van der Waals surface area contributed by atoms with E-state index < -0.39 is 0 Å². The van der Waals surface area contributed by atoms with Gasteiger partial charge in [-0.15, -0.1) is 0 Å². The second-order valence-corrected chi connectivity index (χ2v) is 6.82. The highest BCUT2D eigenvalue weighted by Crippen LogP contribution is 2.28. The molecular weight excluding hydrogens is 381 g/mol. The van der Waals surface area contributed by atoms with Crippen molar-refractivity contribution in [3.8, 4) is 28.6 Å². The predicted molar refractivity (Wildman–Crippen MR) is 113 cm³/mol. The number of benzene rings is 3. The Morgan fingerprint density at radius 1 is 0.900 bits per heavy atom. The maximum Gasteiger partial charge on any atom is 0.167 e. The Bertz CT molecular complexity index is 1280. The lowest BCUT2D eigenvalue weighted by atomic mass is 10.1. The number of nitrogens with zero attached hydrogens (tertiary/aromatic N) is 3. The number of para-hydroxylation sites is 3. The smallest absolute Gasteiger partial charge is 0.167 e. The Morgan fingerprint density at radius 3 is 2.50 bits per heavy atom. The van der Waals surface area contributed by atoms with Gasteiger partial charge in [0.05, 0.1) is 17.6 Å². The van der Waals surface area contributed by atoms with Crippen molar-refractivity contribution in [2.24, 2.45) is 0 Å². The molecule has 0 radical (unpaired) electrons. The van der Waals surface area contributed by atoms with Crippen LogP contribution in [0.5, 0.6) is 5.75 Å². The van der Waals surface area contributed by atoms with Gasteiger partial charge in [-0.1, -0.05) is 35.5 Å². The van der Waals surface area contributed by atoms with E-state index in [1.807, 2.05) is 60.7 Å². The van der Waals surface area contributed by atoms with Gasteiger partial charge in [-0.05, 0) is 48.5 Å². The van der Waals surface area contributed by atoms with Crippen LogP contribution in [0.25, 0.3) is 33.9 Å². The fraction of sp³-hybridized carbons (Fsp3) is 0.0833. The van der Waals surface area contributed by atoms with Gasteiger partial charge in [-0.2, -0.15) is 0 Å². The molecule has 6 heteroatoms. The Labute approximate surface area is 172 Å². The molecule has 148 valence electrons. The van der Waals surface area contributed by atoms with E-state index in [9.17, 15) is 4.39 Å². The molecule has 5 rings (SSSR count). The Balaban J connectivity index is 1.47. The highest BCUT2D eigenvalue weighted by molar-refractivity contribution is 5.80. The van der Waals surface area contributed by atoms with Gasteiger partial charge in [0.15, 0.2) is 11.6 Å². The molecule has 5 aromatic rings. The first-order chi connectivity index (χ1) is 14.8. The number of rotatable bonds is 6. The number of aromatic nitrogens is 3.